The van der Waals surface area contributed by atoms with Crippen LogP contribution in [0.5, 0.6) is 11.5 Å². The van der Waals surface area contributed by atoms with E-state index in [0.29, 0.717) is 42.1 Å². The average molecular weight is 328 g/mol. The van der Waals surface area contributed by atoms with E-state index in [1.165, 1.54) is 7.11 Å². The summed E-state index contributed by atoms with van der Waals surface area (Å²) < 4.78 is 15.2. The molecule has 5 heteroatoms. The Labute approximate surface area is 141 Å². The molecule has 0 fully saturated rings. The summed E-state index contributed by atoms with van der Waals surface area (Å²) in [6.07, 6.45) is 0.906. The quantitative estimate of drug-likeness (QED) is 0.423. The van der Waals surface area contributed by atoms with E-state index in [1.54, 1.807) is 55.6 Å². The van der Waals surface area contributed by atoms with Crippen molar-refractivity contribution in [2.75, 3.05) is 20.8 Å². The molecule has 2 aromatic carbocycles. The molecule has 0 aliphatic heterocycles. The Kier molecular flexibility index (Phi) is 6.37. The largest absolute Gasteiger partial charge is 0.497 e. The highest BCUT2D eigenvalue weighted by Crippen LogP contribution is 2.18. The summed E-state index contributed by atoms with van der Waals surface area (Å²) in [6, 6.07) is 13.9. The smallest absolute Gasteiger partial charge is 0.305 e. The van der Waals surface area contributed by atoms with E-state index in [1.807, 2.05) is 0 Å². The highest BCUT2D eigenvalue weighted by molar-refractivity contribution is 6.09. The van der Waals surface area contributed by atoms with Crippen molar-refractivity contribution in [3.63, 3.8) is 0 Å². The molecule has 5 nitrogen and oxygen atoms in total. The van der Waals surface area contributed by atoms with Crippen LogP contribution in [0.1, 0.15) is 28.8 Å². The Morgan fingerprint density at radius 1 is 0.833 bits per heavy atom. The van der Waals surface area contributed by atoms with Crippen LogP contribution in [0.15, 0.2) is 48.5 Å². The van der Waals surface area contributed by atoms with Crippen LogP contribution >= 0.6 is 0 Å². The number of carbonyl (C=O) groups is 2. The van der Waals surface area contributed by atoms with E-state index in [9.17, 15) is 9.59 Å². The van der Waals surface area contributed by atoms with Crippen LogP contribution in [0, 0.1) is 0 Å². The third-order valence-electron chi connectivity index (χ3n) is 3.49. The van der Waals surface area contributed by atoms with Gasteiger partial charge in [-0.1, -0.05) is 0 Å². The SMILES string of the molecule is COC(=O)CCCOc1ccc(C(=O)c2ccc(OC)cc2)cc1. The zero-order chi connectivity index (χ0) is 17.4. The van der Waals surface area contributed by atoms with Gasteiger partial charge in [-0.2, -0.15) is 0 Å². The second kappa shape index (κ2) is 8.72. The molecule has 0 aliphatic carbocycles. The van der Waals surface area contributed by atoms with Crippen molar-refractivity contribution in [2.24, 2.45) is 0 Å². The van der Waals surface area contributed by atoms with Gasteiger partial charge in [-0.25, -0.2) is 0 Å². The van der Waals surface area contributed by atoms with Crippen molar-refractivity contribution < 1.29 is 23.8 Å². The highest BCUT2D eigenvalue weighted by Gasteiger charge is 2.09. The van der Waals surface area contributed by atoms with E-state index < -0.39 is 0 Å². The maximum absolute atomic E-state index is 12.4. The summed E-state index contributed by atoms with van der Waals surface area (Å²) in [7, 11) is 2.95. The molecule has 0 heterocycles. The van der Waals surface area contributed by atoms with E-state index in [-0.39, 0.29) is 11.8 Å². The lowest BCUT2D eigenvalue weighted by atomic mass is 10.0. The zero-order valence-electron chi connectivity index (χ0n) is 13.8. The van der Waals surface area contributed by atoms with Crippen molar-refractivity contribution in [3.8, 4) is 11.5 Å². The Morgan fingerprint density at radius 3 is 1.88 bits per heavy atom. The van der Waals surface area contributed by atoms with Gasteiger partial charge >= 0.3 is 5.97 Å². The first-order valence-corrected chi connectivity index (χ1v) is 7.62. The molecule has 0 spiro atoms. The molecule has 0 bridgehead atoms. The van der Waals surface area contributed by atoms with Crippen molar-refractivity contribution in [1.82, 2.24) is 0 Å². The lowest BCUT2D eigenvalue weighted by Crippen LogP contribution is -2.05. The molecule has 0 radical (unpaired) electrons. The normalized spacial score (nSPS) is 10.1. The molecular weight excluding hydrogens is 308 g/mol. The van der Waals surface area contributed by atoms with Gasteiger partial charge in [-0.05, 0) is 55.0 Å². The Bertz CT molecular complexity index is 674. The average Bonchev–Trinajstić information content (AvgIpc) is 2.65. The lowest BCUT2D eigenvalue weighted by molar-refractivity contribution is -0.140. The zero-order valence-corrected chi connectivity index (χ0v) is 13.8. The van der Waals surface area contributed by atoms with Crippen LogP contribution < -0.4 is 9.47 Å². The lowest BCUT2D eigenvalue weighted by Gasteiger charge is -2.07. The van der Waals surface area contributed by atoms with Gasteiger partial charge in [0.15, 0.2) is 5.78 Å². The maximum Gasteiger partial charge on any atom is 0.305 e. The van der Waals surface area contributed by atoms with Gasteiger partial charge in [0.25, 0.3) is 0 Å². The second-order valence-electron chi connectivity index (χ2n) is 5.11. The molecule has 0 N–H and O–H groups in total. The molecule has 0 unspecified atom stereocenters. The Morgan fingerprint density at radius 2 is 1.38 bits per heavy atom. The van der Waals surface area contributed by atoms with E-state index >= 15 is 0 Å². The first-order valence-electron chi connectivity index (χ1n) is 7.62. The van der Waals surface area contributed by atoms with Gasteiger partial charge in [0.2, 0.25) is 0 Å². The summed E-state index contributed by atoms with van der Waals surface area (Å²) in [4.78, 5) is 23.4. The molecule has 0 amide bonds. The predicted molar refractivity (Wildman–Crippen MR) is 89.6 cm³/mol. The van der Waals surface area contributed by atoms with E-state index in [4.69, 9.17) is 9.47 Å². The number of hydrogen-bond acceptors (Lipinski definition) is 5. The molecule has 0 aliphatic rings. The van der Waals surface area contributed by atoms with Crippen molar-refractivity contribution in [2.45, 2.75) is 12.8 Å². The fraction of sp³-hybridized carbons (Fsp3) is 0.263. The van der Waals surface area contributed by atoms with Crippen LogP contribution in [0.4, 0.5) is 0 Å². The molecule has 0 saturated heterocycles. The van der Waals surface area contributed by atoms with Crippen molar-refractivity contribution in [3.05, 3.63) is 59.7 Å². The molecular formula is C19H20O5. The summed E-state index contributed by atoms with van der Waals surface area (Å²) in [5.41, 5.74) is 1.18. The number of methoxy groups -OCH3 is 2. The number of ketones is 1. The summed E-state index contributed by atoms with van der Waals surface area (Å²) in [5, 5.41) is 0. The van der Waals surface area contributed by atoms with Gasteiger partial charge < -0.3 is 14.2 Å². The standard InChI is InChI=1S/C19H20O5/c1-22-16-9-5-14(6-10-16)19(21)15-7-11-17(12-8-15)24-13-3-4-18(20)23-2/h5-12H,3-4,13H2,1-2H3. The number of hydrogen-bond donors (Lipinski definition) is 0. The van der Waals surface area contributed by atoms with E-state index in [2.05, 4.69) is 4.74 Å². The number of esters is 1. The fourth-order valence-corrected chi connectivity index (χ4v) is 2.12. The predicted octanol–water partition coefficient (Wildman–Crippen LogP) is 3.26. The third-order valence-corrected chi connectivity index (χ3v) is 3.49. The minimum Gasteiger partial charge on any atom is -0.497 e. The summed E-state index contributed by atoms with van der Waals surface area (Å²) >= 11 is 0. The van der Waals surface area contributed by atoms with E-state index in [0.717, 1.165) is 0 Å². The number of rotatable bonds is 8. The van der Waals surface area contributed by atoms with Gasteiger partial charge in [0, 0.05) is 17.5 Å². The minimum atomic E-state index is -0.251. The maximum atomic E-state index is 12.4. The van der Waals surface area contributed by atoms with Crippen LogP contribution in [0.2, 0.25) is 0 Å². The molecule has 126 valence electrons. The minimum absolute atomic E-state index is 0.0603. The van der Waals surface area contributed by atoms with Gasteiger partial charge in [-0.3, -0.25) is 9.59 Å². The molecule has 0 atom stereocenters. The molecule has 0 aromatic heterocycles. The third kappa shape index (κ3) is 4.84. The first-order chi connectivity index (χ1) is 11.6. The fourth-order valence-electron chi connectivity index (χ4n) is 2.12. The molecule has 0 saturated carbocycles. The molecule has 24 heavy (non-hydrogen) atoms. The topological polar surface area (TPSA) is 61.8 Å². The molecule has 2 aromatic rings. The second-order valence-corrected chi connectivity index (χ2v) is 5.11. The van der Waals surface area contributed by atoms with Crippen molar-refractivity contribution >= 4 is 11.8 Å². The highest BCUT2D eigenvalue weighted by atomic mass is 16.5. The Hall–Kier alpha value is -2.82. The number of ether oxygens (including phenoxy) is 3. The van der Waals surface area contributed by atoms with Crippen LogP contribution in [-0.4, -0.2) is 32.6 Å². The van der Waals surface area contributed by atoms with Crippen LogP contribution in [0.3, 0.4) is 0 Å². The first kappa shape index (κ1) is 17.5. The van der Waals surface area contributed by atoms with Gasteiger partial charge in [0.1, 0.15) is 11.5 Å². The molecule has 2 rings (SSSR count). The van der Waals surface area contributed by atoms with Crippen LogP contribution in [-0.2, 0) is 9.53 Å². The number of carbonyl (C=O) groups excluding carboxylic acids is 2. The summed E-state index contributed by atoms with van der Waals surface area (Å²) in [5.74, 6) is 1.06. The number of benzene rings is 2. The van der Waals surface area contributed by atoms with Gasteiger partial charge in [-0.15, -0.1) is 0 Å². The monoisotopic (exact) mass is 328 g/mol. The Balaban J connectivity index is 1.90. The summed E-state index contributed by atoms with van der Waals surface area (Å²) in [6.45, 7) is 0.418. The van der Waals surface area contributed by atoms with Gasteiger partial charge in [0.05, 0.1) is 20.8 Å². The van der Waals surface area contributed by atoms with Crippen molar-refractivity contribution in [1.29, 1.82) is 0 Å². The van der Waals surface area contributed by atoms with Crippen LogP contribution in [0.25, 0.3) is 0 Å².